The molecular formula is C17H37N3. The van der Waals surface area contributed by atoms with Gasteiger partial charge in [-0.1, -0.05) is 27.7 Å². The Kier molecular flexibility index (Phi) is 6.49. The van der Waals surface area contributed by atoms with Gasteiger partial charge in [-0.15, -0.1) is 0 Å². The Bertz CT molecular complexity index is 267. The molecule has 1 atom stereocenters. The largest absolute Gasteiger partial charge is 0.314 e. The minimum atomic E-state index is 0.323. The molecule has 0 saturated carbocycles. The smallest absolute Gasteiger partial charge is 0.0128 e. The summed E-state index contributed by atoms with van der Waals surface area (Å²) in [5.74, 6) is 0. The topological polar surface area (TPSA) is 18.5 Å². The Morgan fingerprint density at radius 2 is 1.50 bits per heavy atom. The van der Waals surface area contributed by atoms with Gasteiger partial charge in [-0.3, -0.25) is 4.90 Å². The highest BCUT2D eigenvalue weighted by Gasteiger charge is 2.27. The van der Waals surface area contributed by atoms with Gasteiger partial charge in [-0.05, 0) is 45.7 Å². The predicted molar refractivity (Wildman–Crippen MR) is 89.3 cm³/mol. The van der Waals surface area contributed by atoms with Crippen LogP contribution in [0.1, 0.15) is 54.9 Å². The van der Waals surface area contributed by atoms with Crippen LogP contribution in [-0.4, -0.2) is 60.6 Å². The fourth-order valence-electron chi connectivity index (χ4n) is 3.04. The molecule has 1 aliphatic heterocycles. The minimum Gasteiger partial charge on any atom is -0.314 e. The normalized spacial score (nSPS) is 21.1. The molecule has 20 heavy (non-hydrogen) atoms. The van der Waals surface area contributed by atoms with Crippen molar-refractivity contribution in [3.63, 3.8) is 0 Å². The third-order valence-electron chi connectivity index (χ3n) is 4.55. The summed E-state index contributed by atoms with van der Waals surface area (Å²) in [6.45, 7) is 23.4. The van der Waals surface area contributed by atoms with Crippen LogP contribution in [0.3, 0.4) is 0 Å². The summed E-state index contributed by atoms with van der Waals surface area (Å²) in [7, 11) is 0. The summed E-state index contributed by atoms with van der Waals surface area (Å²) in [5, 5.41) is 3.66. The quantitative estimate of drug-likeness (QED) is 0.837. The molecule has 120 valence electrons. The molecular weight excluding hydrogens is 246 g/mol. The summed E-state index contributed by atoms with van der Waals surface area (Å²) in [6, 6.07) is 0.619. The number of nitrogens with one attached hydrogen (secondary N) is 1. The van der Waals surface area contributed by atoms with Crippen molar-refractivity contribution in [1.29, 1.82) is 0 Å². The fraction of sp³-hybridized carbons (Fsp3) is 1.00. The van der Waals surface area contributed by atoms with Gasteiger partial charge in [0.1, 0.15) is 0 Å². The van der Waals surface area contributed by atoms with Crippen molar-refractivity contribution in [2.75, 3.05) is 39.3 Å². The molecule has 0 aromatic heterocycles. The average Bonchev–Trinajstić information content (AvgIpc) is 2.32. The van der Waals surface area contributed by atoms with Crippen LogP contribution in [0.25, 0.3) is 0 Å². The molecule has 0 radical (unpaired) electrons. The van der Waals surface area contributed by atoms with Crippen LogP contribution in [0.5, 0.6) is 0 Å². The van der Waals surface area contributed by atoms with E-state index >= 15 is 0 Å². The molecule has 3 heteroatoms. The number of nitrogens with zero attached hydrogens (tertiary/aromatic N) is 2. The highest BCUT2D eigenvalue weighted by molar-refractivity contribution is 4.84. The molecule has 1 N–H and O–H groups in total. The Morgan fingerprint density at radius 3 is 1.90 bits per heavy atom. The molecule has 0 aliphatic carbocycles. The predicted octanol–water partition coefficient (Wildman–Crippen LogP) is 2.82. The Balaban J connectivity index is 2.36. The van der Waals surface area contributed by atoms with E-state index in [0.717, 1.165) is 6.54 Å². The minimum absolute atomic E-state index is 0.323. The van der Waals surface area contributed by atoms with Crippen molar-refractivity contribution >= 4 is 0 Å². The first kappa shape index (κ1) is 17.9. The first-order chi connectivity index (χ1) is 9.14. The van der Waals surface area contributed by atoms with Gasteiger partial charge >= 0.3 is 0 Å². The Morgan fingerprint density at radius 1 is 0.950 bits per heavy atom. The van der Waals surface area contributed by atoms with Crippen LogP contribution in [-0.2, 0) is 0 Å². The van der Waals surface area contributed by atoms with Crippen molar-refractivity contribution in [2.24, 2.45) is 5.41 Å². The van der Waals surface area contributed by atoms with E-state index in [0.29, 0.717) is 17.0 Å². The second-order valence-electron chi connectivity index (χ2n) is 8.26. The van der Waals surface area contributed by atoms with Crippen molar-refractivity contribution < 1.29 is 0 Å². The third-order valence-corrected chi connectivity index (χ3v) is 4.55. The molecule has 0 bridgehead atoms. The van der Waals surface area contributed by atoms with Crippen LogP contribution < -0.4 is 5.32 Å². The van der Waals surface area contributed by atoms with Crippen LogP contribution in [0.2, 0.25) is 0 Å². The SMILES string of the molecule is CCNC(CCN1CCN(C(C)(C)C)CC1)C(C)(C)C. The standard InChI is InChI=1S/C17H37N3/c1-8-18-15(16(2,3)4)9-10-19-11-13-20(14-12-19)17(5,6)7/h15,18H,8-14H2,1-7H3. The first-order valence-electron chi connectivity index (χ1n) is 8.35. The maximum Gasteiger partial charge on any atom is 0.0128 e. The van der Waals surface area contributed by atoms with Gasteiger partial charge < -0.3 is 10.2 Å². The fourth-order valence-corrected chi connectivity index (χ4v) is 3.04. The zero-order valence-electron chi connectivity index (χ0n) is 14.9. The third kappa shape index (κ3) is 5.71. The molecule has 1 heterocycles. The first-order valence-corrected chi connectivity index (χ1v) is 8.35. The van der Waals surface area contributed by atoms with Crippen LogP contribution >= 0.6 is 0 Å². The molecule has 3 nitrogen and oxygen atoms in total. The maximum atomic E-state index is 3.66. The lowest BCUT2D eigenvalue weighted by Gasteiger charge is -2.43. The van der Waals surface area contributed by atoms with Gasteiger partial charge in [0.15, 0.2) is 0 Å². The van der Waals surface area contributed by atoms with Crippen LogP contribution in [0.15, 0.2) is 0 Å². The molecule has 0 spiro atoms. The van der Waals surface area contributed by atoms with Gasteiger partial charge in [-0.2, -0.15) is 0 Å². The van der Waals surface area contributed by atoms with E-state index in [9.17, 15) is 0 Å². The lowest BCUT2D eigenvalue weighted by Crippen LogP contribution is -2.54. The zero-order valence-corrected chi connectivity index (χ0v) is 14.9. The Hall–Kier alpha value is -0.120. The summed E-state index contributed by atoms with van der Waals surface area (Å²) in [6.07, 6.45) is 1.26. The molecule has 1 saturated heterocycles. The van der Waals surface area contributed by atoms with Crippen molar-refractivity contribution in [1.82, 2.24) is 15.1 Å². The van der Waals surface area contributed by atoms with E-state index in [-0.39, 0.29) is 0 Å². The van der Waals surface area contributed by atoms with Crippen molar-refractivity contribution in [2.45, 2.75) is 66.5 Å². The number of rotatable bonds is 5. The second kappa shape index (κ2) is 7.24. The van der Waals surface area contributed by atoms with E-state index in [2.05, 4.69) is 63.6 Å². The van der Waals surface area contributed by atoms with E-state index in [1.165, 1.54) is 39.1 Å². The second-order valence-corrected chi connectivity index (χ2v) is 8.26. The number of hydrogen-bond donors (Lipinski definition) is 1. The van der Waals surface area contributed by atoms with E-state index in [1.807, 2.05) is 0 Å². The van der Waals surface area contributed by atoms with E-state index in [4.69, 9.17) is 0 Å². The van der Waals surface area contributed by atoms with Crippen molar-refractivity contribution in [3.8, 4) is 0 Å². The maximum absolute atomic E-state index is 3.66. The number of hydrogen-bond acceptors (Lipinski definition) is 3. The summed E-state index contributed by atoms with van der Waals surface area (Å²) >= 11 is 0. The van der Waals surface area contributed by atoms with Crippen molar-refractivity contribution in [3.05, 3.63) is 0 Å². The van der Waals surface area contributed by atoms with Gasteiger partial charge in [0.05, 0.1) is 0 Å². The molecule has 0 aromatic rings. The summed E-state index contributed by atoms with van der Waals surface area (Å²) < 4.78 is 0. The van der Waals surface area contributed by atoms with Gasteiger partial charge in [0, 0.05) is 37.8 Å². The molecule has 1 fully saturated rings. The highest BCUT2D eigenvalue weighted by Crippen LogP contribution is 2.22. The lowest BCUT2D eigenvalue weighted by atomic mass is 9.84. The van der Waals surface area contributed by atoms with Crippen LogP contribution in [0.4, 0.5) is 0 Å². The Labute approximate surface area is 127 Å². The zero-order chi connectivity index (χ0) is 15.4. The van der Waals surface area contributed by atoms with Gasteiger partial charge in [0.2, 0.25) is 0 Å². The molecule has 1 unspecified atom stereocenters. The van der Waals surface area contributed by atoms with Crippen LogP contribution in [0, 0.1) is 5.41 Å². The molecule has 0 aromatic carbocycles. The summed E-state index contributed by atoms with van der Waals surface area (Å²) in [4.78, 5) is 5.24. The average molecular weight is 284 g/mol. The molecule has 0 amide bonds. The lowest BCUT2D eigenvalue weighted by molar-refractivity contribution is 0.0583. The highest BCUT2D eigenvalue weighted by atomic mass is 15.3. The van der Waals surface area contributed by atoms with E-state index < -0.39 is 0 Å². The monoisotopic (exact) mass is 283 g/mol. The van der Waals surface area contributed by atoms with E-state index in [1.54, 1.807) is 0 Å². The van der Waals surface area contributed by atoms with Gasteiger partial charge in [0.25, 0.3) is 0 Å². The summed E-state index contributed by atoms with van der Waals surface area (Å²) in [5.41, 5.74) is 0.674. The number of piperazine rings is 1. The van der Waals surface area contributed by atoms with Gasteiger partial charge in [-0.25, -0.2) is 0 Å². The molecule has 1 rings (SSSR count). The molecule has 1 aliphatic rings.